The summed E-state index contributed by atoms with van der Waals surface area (Å²) < 4.78 is 0. The second-order valence-corrected chi connectivity index (χ2v) is 6.08. The molecule has 0 N–H and O–H groups in total. The number of amides is 2. The largest absolute Gasteiger partial charge is 0.339 e. The Morgan fingerprint density at radius 2 is 1.83 bits per heavy atom. The van der Waals surface area contributed by atoms with Crippen LogP contribution in [0.4, 0.5) is 0 Å². The van der Waals surface area contributed by atoms with Gasteiger partial charge in [-0.3, -0.25) is 14.6 Å². The molecule has 5 heteroatoms. The smallest absolute Gasteiger partial charge is 0.272 e. The molecule has 0 unspecified atom stereocenters. The van der Waals surface area contributed by atoms with Gasteiger partial charge in [0.05, 0.1) is 0 Å². The van der Waals surface area contributed by atoms with Gasteiger partial charge in [0.25, 0.3) is 11.8 Å². The molecule has 0 saturated carbocycles. The minimum Gasteiger partial charge on any atom is -0.339 e. The molecule has 1 saturated heterocycles. The van der Waals surface area contributed by atoms with Gasteiger partial charge in [-0.25, -0.2) is 0 Å². The number of pyridine rings is 1. The number of benzene rings is 1. The average molecular weight is 323 g/mol. The predicted molar refractivity (Wildman–Crippen MR) is 91.6 cm³/mol. The van der Waals surface area contributed by atoms with Crippen molar-refractivity contribution in [1.82, 2.24) is 14.8 Å². The summed E-state index contributed by atoms with van der Waals surface area (Å²) in [5.41, 5.74) is 1.89. The highest BCUT2D eigenvalue weighted by Crippen LogP contribution is 2.14. The lowest BCUT2D eigenvalue weighted by atomic mass is 10.1. The highest BCUT2D eigenvalue weighted by Gasteiger charge is 2.21. The molecule has 1 fully saturated rings. The van der Waals surface area contributed by atoms with Crippen molar-refractivity contribution in [2.24, 2.45) is 0 Å². The van der Waals surface area contributed by atoms with E-state index >= 15 is 0 Å². The molecule has 124 valence electrons. The predicted octanol–water partition coefficient (Wildman–Crippen LogP) is 2.59. The molecule has 2 amide bonds. The van der Waals surface area contributed by atoms with Crippen LogP contribution in [0, 0.1) is 0 Å². The fourth-order valence-corrected chi connectivity index (χ4v) is 2.91. The maximum atomic E-state index is 12.6. The first-order valence-electron chi connectivity index (χ1n) is 8.20. The highest BCUT2D eigenvalue weighted by molar-refractivity contribution is 5.98. The first-order chi connectivity index (χ1) is 11.6. The monoisotopic (exact) mass is 323 g/mol. The van der Waals surface area contributed by atoms with Crippen LogP contribution in [0.25, 0.3) is 0 Å². The maximum absolute atomic E-state index is 12.6. The average Bonchev–Trinajstić information content (AvgIpc) is 3.16. The van der Waals surface area contributed by atoms with E-state index in [0.717, 1.165) is 31.5 Å². The van der Waals surface area contributed by atoms with Gasteiger partial charge in [0.2, 0.25) is 0 Å². The van der Waals surface area contributed by atoms with Gasteiger partial charge in [0, 0.05) is 38.4 Å². The van der Waals surface area contributed by atoms with Crippen LogP contribution in [-0.4, -0.2) is 46.7 Å². The summed E-state index contributed by atoms with van der Waals surface area (Å²) in [6.45, 7) is 2.09. The van der Waals surface area contributed by atoms with Crippen LogP contribution in [0.3, 0.4) is 0 Å². The number of nitrogens with zero attached hydrogens (tertiary/aromatic N) is 3. The lowest BCUT2D eigenvalue weighted by Crippen LogP contribution is -2.29. The summed E-state index contributed by atoms with van der Waals surface area (Å²) in [5.74, 6) is -0.204. The van der Waals surface area contributed by atoms with E-state index in [1.807, 2.05) is 35.2 Å². The minimum absolute atomic E-state index is 0.0188. The van der Waals surface area contributed by atoms with E-state index in [9.17, 15) is 9.59 Å². The van der Waals surface area contributed by atoms with E-state index in [1.54, 1.807) is 24.1 Å². The van der Waals surface area contributed by atoms with Gasteiger partial charge in [-0.2, -0.15) is 0 Å². The van der Waals surface area contributed by atoms with Crippen LogP contribution in [0.15, 0.2) is 48.7 Å². The van der Waals surface area contributed by atoms with Crippen molar-refractivity contribution in [2.45, 2.75) is 19.4 Å². The molecule has 0 atom stereocenters. The van der Waals surface area contributed by atoms with Crippen LogP contribution in [0.2, 0.25) is 0 Å². The lowest BCUT2D eigenvalue weighted by molar-refractivity contribution is 0.0779. The third-order valence-electron chi connectivity index (χ3n) is 4.23. The maximum Gasteiger partial charge on any atom is 0.272 e. The van der Waals surface area contributed by atoms with E-state index < -0.39 is 0 Å². The van der Waals surface area contributed by atoms with Gasteiger partial charge in [-0.05, 0) is 30.5 Å². The molecule has 0 radical (unpaired) electrons. The van der Waals surface area contributed by atoms with Crippen LogP contribution in [-0.2, 0) is 6.54 Å². The SMILES string of the molecule is CN(Cc1ccccc1)C(=O)c1cc(C(=O)N2CCCC2)ccn1. The van der Waals surface area contributed by atoms with Crippen LogP contribution in [0.1, 0.15) is 39.3 Å². The molecule has 24 heavy (non-hydrogen) atoms. The minimum atomic E-state index is -0.185. The zero-order valence-corrected chi connectivity index (χ0v) is 13.8. The summed E-state index contributed by atoms with van der Waals surface area (Å²) >= 11 is 0. The summed E-state index contributed by atoms with van der Waals surface area (Å²) in [6.07, 6.45) is 3.62. The van der Waals surface area contributed by atoms with Crippen LogP contribution < -0.4 is 0 Å². The Hall–Kier alpha value is -2.69. The number of hydrogen-bond donors (Lipinski definition) is 0. The molecule has 0 aliphatic carbocycles. The van der Waals surface area contributed by atoms with Crippen molar-refractivity contribution in [1.29, 1.82) is 0 Å². The number of aromatic nitrogens is 1. The molecule has 1 aliphatic rings. The second kappa shape index (κ2) is 7.25. The number of rotatable bonds is 4. The Morgan fingerprint density at radius 3 is 2.54 bits per heavy atom. The summed E-state index contributed by atoms with van der Waals surface area (Å²) in [4.78, 5) is 32.6. The van der Waals surface area contributed by atoms with E-state index in [0.29, 0.717) is 17.8 Å². The van der Waals surface area contributed by atoms with Crippen LogP contribution in [0.5, 0.6) is 0 Å². The Bertz CT molecular complexity index is 724. The third-order valence-corrected chi connectivity index (χ3v) is 4.23. The van der Waals surface area contributed by atoms with E-state index in [1.165, 1.54) is 6.20 Å². The number of likely N-dealkylation sites (tertiary alicyclic amines) is 1. The quantitative estimate of drug-likeness (QED) is 0.869. The zero-order valence-electron chi connectivity index (χ0n) is 13.8. The van der Waals surface area contributed by atoms with Gasteiger partial charge in [0.1, 0.15) is 5.69 Å². The Kier molecular flexibility index (Phi) is 4.89. The molecular weight excluding hydrogens is 302 g/mol. The Balaban J connectivity index is 1.72. The van der Waals surface area contributed by atoms with Gasteiger partial charge in [0.15, 0.2) is 0 Å². The highest BCUT2D eigenvalue weighted by atomic mass is 16.2. The van der Waals surface area contributed by atoms with E-state index in [-0.39, 0.29) is 11.8 Å². The molecule has 0 spiro atoms. The topological polar surface area (TPSA) is 53.5 Å². The van der Waals surface area contributed by atoms with Crippen molar-refractivity contribution in [2.75, 3.05) is 20.1 Å². The van der Waals surface area contributed by atoms with Crippen molar-refractivity contribution < 1.29 is 9.59 Å². The second-order valence-electron chi connectivity index (χ2n) is 6.08. The van der Waals surface area contributed by atoms with Crippen molar-refractivity contribution in [3.05, 3.63) is 65.5 Å². The Labute approximate surface area is 141 Å². The van der Waals surface area contributed by atoms with Gasteiger partial charge < -0.3 is 9.80 Å². The zero-order chi connectivity index (χ0) is 16.9. The van der Waals surface area contributed by atoms with E-state index in [4.69, 9.17) is 0 Å². The lowest BCUT2D eigenvalue weighted by Gasteiger charge is -2.18. The molecule has 1 aromatic heterocycles. The fraction of sp³-hybridized carbons (Fsp3) is 0.316. The number of hydrogen-bond acceptors (Lipinski definition) is 3. The molecule has 1 aromatic carbocycles. The standard InChI is InChI=1S/C19H21N3O2/c1-21(14-15-7-3-2-4-8-15)19(24)17-13-16(9-10-20-17)18(23)22-11-5-6-12-22/h2-4,7-10,13H,5-6,11-12,14H2,1H3. The molecule has 3 rings (SSSR count). The first-order valence-corrected chi connectivity index (χ1v) is 8.20. The van der Waals surface area contributed by atoms with Gasteiger partial charge in [-0.1, -0.05) is 30.3 Å². The van der Waals surface area contributed by atoms with E-state index in [2.05, 4.69) is 4.98 Å². The van der Waals surface area contributed by atoms with Crippen molar-refractivity contribution >= 4 is 11.8 Å². The normalized spacial score (nSPS) is 13.8. The van der Waals surface area contributed by atoms with Gasteiger partial charge in [-0.15, -0.1) is 0 Å². The molecule has 0 bridgehead atoms. The Morgan fingerprint density at radius 1 is 1.12 bits per heavy atom. The molecule has 1 aliphatic heterocycles. The third kappa shape index (κ3) is 3.62. The number of carbonyl (C=O) groups excluding carboxylic acids is 2. The van der Waals surface area contributed by atoms with Crippen LogP contribution >= 0.6 is 0 Å². The first kappa shape index (κ1) is 16.2. The summed E-state index contributed by atoms with van der Waals surface area (Å²) in [6, 6.07) is 13.1. The molecule has 2 aromatic rings. The molecular formula is C19H21N3O2. The summed E-state index contributed by atoms with van der Waals surface area (Å²) in [5, 5.41) is 0. The molecule has 5 nitrogen and oxygen atoms in total. The molecule has 2 heterocycles. The van der Waals surface area contributed by atoms with Crippen molar-refractivity contribution in [3.63, 3.8) is 0 Å². The van der Waals surface area contributed by atoms with Gasteiger partial charge >= 0.3 is 0 Å². The summed E-state index contributed by atoms with van der Waals surface area (Å²) in [7, 11) is 1.74. The van der Waals surface area contributed by atoms with Crippen molar-refractivity contribution in [3.8, 4) is 0 Å². The number of carbonyl (C=O) groups is 2. The fourth-order valence-electron chi connectivity index (χ4n) is 2.91.